The number of nitrogens with zero attached hydrogens (tertiary/aromatic N) is 1. The molecule has 3 aromatic rings. The van der Waals surface area contributed by atoms with Gasteiger partial charge in [0.25, 0.3) is 0 Å². The van der Waals surface area contributed by atoms with Gasteiger partial charge in [0.05, 0.1) is 0 Å². The Bertz CT molecular complexity index is 810. The summed E-state index contributed by atoms with van der Waals surface area (Å²) in [6, 6.07) is 20.6. The zero-order chi connectivity index (χ0) is 16.2. The van der Waals surface area contributed by atoms with Crippen molar-refractivity contribution in [2.45, 2.75) is 26.4 Å². The van der Waals surface area contributed by atoms with Crippen LogP contribution in [-0.4, -0.2) is 17.1 Å². The minimum Gasteiger partial charge on any atom is -0.508 e. The van der Waals surface area contributed by atoms with E-state index in [0.29, 0.717) is 5.75 Å². The van der Waals surface area contributed by atoms with Crippen LogP contribution in [0.2, 0.25) is 0 Å². The van der Waals surface area contributed by atoms with Gasteiger partial charge in [-0.05, 0) is 53.1 Å². The van der Waals surface area contributed by atoms with E-state index in [0.717, 1.165) is 25.1 Å². The van der Waals surface area contributed by atoms with Gasteiger partial charge < -0.3 is 5.11 Å². The third kappa shape index (κ3) is 3.54. The first-order valence-electron chi connectivity index (χ1n) is 8.13. The van der Waals surface area contributed by atoms with Crippen molar-refractivity contribution in [2.24, 2.45) is 0 Å². The quantitative estimate of drug-likeness (QED) is 0.736. The van der Waals surface area contributed by atoms with Crippen molar-refractivity contribution < 1.29 is 5.11 Å². The lowest BCUT2D eigenvalue weighted by atomic mass is 9.97. The molecule has 118 valence electrons. The summed E-state index contributed by atoms with van der Waals surface area (Å²) in [7, 11) is 2.13. The maximum absolute atomic E-state index is 9.62. The summed E-state index contributed by atoms with van der Waals surface area (Å²) in [6.45, 7) is 3.93. The molecule has 0 aliphatic rings. The number of hydrogen-bond acceptors (Lipinski definition) is 2. The van der Waals surface area contributed by atoms with Crippen molar-refractivity contribution in [1.82, 2.24) is 4.90 Å². The summed E-state index contributed by atoms with van der Waals surface area (Å²) < 4.78 is 0. The second-order valence-corrected chi connectivity index (χ2v) is 6.12. The van der Waals surface area contributed by atoms with E-state index in [1.165, 1.54) is 21.9 Å². The van der Waals surface area contributed by atoms with Gasteiger partial charge in [0.1, 0.15) is 5.75 Å². The van der Waals surface area contributed by atoms with Crippen molar-refractivity contribution in [3.05, 3.63) is 77.4 Å². The Labute approximate surface area is 138 Å². The van der Waals surface area contributed by atoms with Crippen LogP contribution in [0.4, 0.5) is 0 Å². The highest BCUT2D eigenvalue weighted by atomic mass is 16.3. The van der Waals surface area contributed by atoms with E-state index in [1.807, 2.05) is 12.1 Å². The fourth-order valence-corrected chi connectivity index (χ4v) is 3.19. The first kappa shape index (κ1) is 15.6. The first-order valence-corrected chi connectivity index (χ1v) is 8.13. The Kier molecular flexibility index (Phi) is 4.63. The normalized spacial score (nSPS) is 11.3. The number of aryl methyl sites for hydroxylation is 1. The second-order valence-electron chi connectivity index (χ2n) is 6.12. The van der Waals surface area contributed by atoms with Crippen LogP contribution in [0.3, 0.4) is 0 Å². The molecule has 23 heavy (non-hydrogen) atoms. The molecule has 0 bridgehead atoms. The number of benzene rings is 3. The SMILES string of the molecule is CCc1ccc2ccccc2c1CN(C)Cc1cccc(O)c1. The van der Waals surface area contributed by atoms with Gasteiger partial charge in [-0.1, -0.05) is 55.5 Å². The van der Waals surface area contributed by atoms with Gasteiger partial charge in [-0.25, -0.2) is 0 Å². The minimum atomic E-state index is 0.329. The van der Waals surface area contributed by atoms with Crippen LogP contribution in [-0.2, 0) is 19.5 Å². The largest absolute Gasteiger partial charge is 0.508 e. The summed E-state index contributed by atoms with van der Waals surface area (Å²) in [6.07, 6.45) is 1.04. The van der Waals surface area contributed by atoms with Gasteiger partial charge in [-0.3, -0.25) is 4.90 Å². The molecule has 2 nitrogen and oxygen atoms in total. The summed E-state index contributed by atoms with van der Waals surface area (Å²) in [5.74, 6) is 0.329. The Morgan fingerprint density at radius 2 is 1.74 bits per heavy atom. The second kappa shape index (κ2) is 6.84. The molecule has 0 unspecified atom stereocenters. The van der Waals surface area contributed by atoms with Gasteiger partial charge in [-0.2, -0.15) is 0 Å². The zero-order valence-electron chi connectivity index (χ0n) is 13.8. The number of phenolic OH excluding ortho intramolecular Hbond substituents is 1. The van der Waals surface area contributed by atoms with Crippen LogP contribution >= 0.6 is 0 Å². The van der Waals surface area contributed by atoms with Crippen molar-refractivity contribution in [3.63, 3.8) is 0 Å². The topological polar surface area (TPSA) is 23.5 Å². The highest BCUT2D eigenvalue weighted by Gasteiger charge is 2.10. The van der Waals surface area contributed by atoms with E-state index in [9.17, 15) is 5.11 Å². The van der Waals surface area contributed by atoms with Crippen LogP contribution in [0, 0.1) is 0 Å². The Balaban J connectivity index is 1.88. The summed E-state index contributed by atoms with van der Waals surface area (Å²) in [4.78, 5) is 2.30. The summed E-state index contributed by atoms with van der Waals surface area (Å²) in [5, 5.41) is 12.3. The number of fused-ring (bicyclic) bond motifs is 1. The molecule has 0 aromatic heterocycles. The number of phenols is 1. The molecular weight excluding hydrogens is 282 g/mol. The van der Waals surface area contributed by atoms with Crippen molar-refractivity contribution in [1.29, 1.82) is 0 Å². The summed E-state index contributed by atoms with van der Waals surface area (Å²) in [5.41, 5.74) is 3.95. The van der Waals surface area contributed by atoms with Crippen LogP contribution in [0.1, 0.15) is 23.6 Å². The van der Waals surface area contributed by atoms with Crippen molar-refractivity contribution in [3.8, 4) is 5.75 Å². The van der Waals surface area contributed by atoms with E-state index in [2.05, 4.69) is 61.3 Å². The highest BCUT2D eigenvalue weighted by molar-refractivity contribution is 5.86. The predicted molar refractivity (Wildman–Crippen MR) is 96.6 cm³/mol. The average Bonchev–Trinajstić information content (AvgIpc) is 2.55. The highest BCUT2D eigenvalue weighted by Crippen LogP contribution is 2.25. The number of rotatable bonds is 5. The first-order chi connectivity index (χ1) is 11.2. The maximum atomic E-state index is 9.62. The van der Waals surface area contributed by atoms with Crippen molar-refractivity contribution in [2.75, 3.05) is 7.05 Å². The van der Waals surface area contributed by atoms with Crippen LogP contribution in [0.5, 0.6) is 5.75 Å². The van der Waals surface area contributed by atoms with Crippen molar-refractivity contribution >= 4 is 10.8 Å². The third-order valence-electron chi connectivity index (χ3n) is 4.31. The van der Waals surface area contributed by atoms with Crippen LogP contribution < -0.4 is 0 Å². The Hall–Kier alpha value is -2.32. The van der Waals surface area contributed by atoms with E-state index in [4.69, 9.17) is 0 Å². The van der Waals surface area contributed by atoms with E-state index in [-0.39, 0.29) is 0 Å². The molecule has 3 rings (SSSR count). The lowest BCUT2D eigenvalue weighted by molar-refractivity contribution is 0.318. The van der Waals surface area contributed by atoms with E-state index < -0.39 is 0 Å². The molecule has 3 aromatic carbocycles. The molecule has 0 heterocycles. The maximum Gasteiger partial charge on any atom is 0.115 e. The molecule has 0 spiro atoms. The van der Waals surface area contributed by atoms with Crippen LogP contribution in [0.25, 0.3) is 10.8 Å². The number of hydrogen-bond donors (Lipinski definition) is 1. The lowest BCUT2D eigenvalue weighted by Gasteiger charge is -2.20. The molecule has 0 saturated heterocycles. The molecule has 0 radical (unpaired) electrons. The summed E-state index contributed by atoms with van der Waals surface area (Å²) >= 11 is 0. The van der Waals surface area contributed by atoms with Gasteiger partial charge >= 0.3 is 0 Å². The molecule has 0 amide bonds. The molecule has 0 saturated carbocycles. The standard InChI is InChI=1S/C21H23NO/c1-3-17-11-12-18-8-4-5-10-20(18)21(17)15-22(2)14-16-7-6-9-19(23)13-16/h4-13,23H,3,14-15H2,1-2H3. The van der Waals surface area contributed by atoms with Gasteiger partial charge in [-0.15, -0.1) is 0 Å². The molecular formula is C21H23NO. The smallest absolute Gasteiger partial charge is 0.115 e. The monoisotopic (exact) mass is 305 g/mol. The Morgan fingerprint density at radius 3 is 2.52 bits per heavy atom. The third-order valence-corrected chi connectivity index (χ3v) is 4.31. The van der Waals surface area contributed by atoms with Gasteiger partial charge in [0.2, 0.25) is 0 Å². The average molecular weight is 305 g/mol. The molecule has 1 N–H and O–H groups in total. The fraction of sp³-hybridized carbons (Fsp3) is 0.238. The fourth-order valence-electron chi connectivity index (χ4n) is 3.19. The zero-order valence-corrected chi connectivity index (χ0v) is 13.8. The van der Waals surface area contributed by atoms with E-state index >= 15 is 0 Å². The van der Waals surface area contributed by atoms with Gasteiger partial charge in [0.15, 0.2) is 0 Å². The predicted octanol–water partition coefficient (Wildman–Crippen LogP) is 4.74. The van der Waals surface area contributed by atoms with E-state index in [1.54, 1.807) is 6.07 Å². The lowest BCUT2D eigenvalue weighted by Crippen LogP contribution is -2.18. The van der Waals surface area contributed by atoms with Crippen LogP contribution in [0.15, 0.2) is 60.7 Å². The molecule has 0 aliphatic carbocycles. The molecule has 0 atom stereocenters. The van der Waals surface area contributed by atoms with Gasteiger partial charge in [0, 0.05) is 13.1 Å². The minimum absolute atomic E-state index is 0.329. The molecule has 0 aliphatic heterocycles. The molecule has 0 fully saturated rings. The Morgan fingerprint density at radius 1 is 0.913 bits per heavy atom. The molecule has 2 heteroatoms. The number of aromatic hydroxyl groups is 1.